The number of methoxy groups -OCH3 is 2. The molecular weight excluding hydrogens is 422 g/mol. The number of benzene rings is 3. The summed E-state index contributed by atoms with van der Waals surface area (Å²) in [6.07, 6.45) is 0. The number of hydrogen-bond donors (Lipinski definition) is 0. The summed E-state index contributed by atoms with van der Waals surface area (Å²) in [7, 11) is 3.10. The molecule has 1 aliphatic heterocycles. The van der Waals surface area contributed by atoms with E-state index in [1.807, 2.05) is 56.3 Å². The number of imide groups is 1. The average Bonchev–Trinajstić information content (AvgIpc) is 3.05. The van der Waals surface area contributed by atoms with Crippen LogP contribution in [0, 0.1) is 13.8 Å². The number of carbonyl (C=O) groups is 2. The van der Waals surface area contributed by atoms with E-state index >= 15 is 0 Å². The summed E-state index contributed by atoms with van der Waals surface area (Å²) in [5, 5.41) is 0. The third kappa shape index (κ3) is 3.89. The maximum absolute atomic E-state index is 13.6. The fraction of sp³-hybridized carbons (Fsp3) is 0.154. The number of anilines is 1. The molecule has 6 heteroatoms. The summed E-state index contributed by atoms with van der Waals surface area (Å²) in [6.45, 7) is 3.96. The van der Waals surface area contributed by atoms with Crippen LogP contribution >= 0.6 is 11.8 Å². The number of carbonyl (C=O) groups excluding carboxylic acids is 2. The van der Waals surface area contributed by atoms with Gasteiger partial charge in [-0.3, -0.25) is 9.59 Å². The van der Waals surface area contributed by atoms with E-state index in [0.29, 0.717) is 33.2 Å². The minimum absolute atomic E-state index is 0.336. The zero-order valence-corrected chi connectivity index (χ0v) is 19.2. The number of aryl methyl sites for hydroxylation is 2. The molecule has 0 bridgehead atoms. The molecule has 0 radical (unpaired) electrons. The maximum atomic E-state index is 13.6. The second-order valence-corrected chi connectivity index (χ2v) is 8.49. The molecule has 0 saturated heterocycles. The highest BCUT2D eigenvalue weighted by atomic mass is 32.2. The molecule has 3 aromatic carbocycles. The van der Waals surface area contributed by atoms with Gasteiger partial charge in [0, 0.05) is 4.90 Å². The van der Waals surface area contributed by atoms with Crippen LogP contribution in [0.2, 0.25) is 0 Å². The quantitative estimate of drug-likeness (QED) is 0.476. The van der Waals surface area contributed by atoms with Crippen molar-refractivity contribution in [2.24, 2.45) is 0 Å². The van der Waals surface area contributed by atoms with E-state index in [1.54, 1.807) is 38.5 Å². The molecular formula is C26H23NO4S. The number of thioether (sulfide) groups is 1. The van der Waals surface area contributed by atoms with Crippen LogP contribution in [-0.4, -0.2) is 26.0 Å². The van der Waals surface area contributed by atoms with Gasteiger partial charge in [-0.2, -0.15) is 0 Å². The van der Waals surface area contributed by atoms with Gasteiger partial charge in [0.1, 0.15) is 0 Å². The summed E-state index contributed by atoms with van der Waals surface area (Å²) in [6, 6.07) is 20.4. The van der Waals surface area contributed by atoms with E-state index < -0.39 is 0 Å². The number of nitrogens with zero attached hydrogens (tertiary/aromatic N) is 1. The summed E-state index contributed by atoms with van der Waals surface area (Å²) in [5.74, 6) is 0.351. The standard InChI is InChI=1S/C26H23NO4S/c1-16-10-12-19(14-17(16)2)27-25(28)23(18-11-13-21(30-3)22(15-18)31-4)24(26(27)29)32-20-8-6-5-7-9-20/h5-15H,1-4H3. The van der Waals surface area contributed by atoms with Gasteiger partial charge in [0.2, 0.25) is 0 Å². The number of amides is 2. The summed E-state index contributed by atoms with van der Waals surface area (Å²) < 4.78 is 10.8. The molecule has 0 aromatic heterocycles. The highest BCUT2D eigenvalue weighted by Gasteiger charge is 2.40. The molecule has 0 fully saturated rings. The fourth-order valence-electron chi connectivity index (χ4n) is 3.56. The zero-order valence-electron chi connectivity index (χ0n) is 18.3. The van der Waals surface area contributed by atoms with Crippen molar-refractivity contribution in [3.8, 4) is 11.5 Å². The van der Waals surface area contributed by atoms with Crippen molar-refractivity contribution >= 4 is 34.8 Å². The molecule has 1 aliphatic rings. The Labute approximate surface area is 191 Å². The van der Waals surface area contributed by atoms with Gasteiger partial charge in [-0.1, -0.05) is 42.1 Å². The molecule has 3 aromatic rings. The Hall–Kier alpha value is -3.51. The SMILES string of the molecule is COc1ccc(C2=C(Sc3ccccc3)C(=O)N(c3ccc(C)c(C)c3)C2=O)cc1OC. The highest BCUT2D eigenvalue weighted by Crippen LogP contribution is 2.43. The van der Waals surface area contributed by atoms with Crippen LogP contribution in [0.1, 0.15) is 16.7 Å². The Morgan fingerprint density at radius 1 is 0.750 bits per heavy atom. The zero-order chi connectivity index (χ0) is 22.8. The largest absolute Gasteiger partial charge is 0.493 e. The number of hydrogen-bond acceptors (Lipinski definition) is 5. The van der Waals surface area contributed by atoms with Gasteiger partial charge >= 0.3 is 0 Å². The fourth-order valence-corrected chi connectivity index (χ4v) is 4.57. The number of rotatable bonds is 6. The monoisotopic (exact) mass is 445 g/mol. The third-order valence-electron chi connectivity index (χ3n) is 5.43. The Morgan fingerprint density at radius 3 is 2.12 bits per heavy atom. The van der Waals surface area contributed by atoms with Gasteiger partial charge in [0.15, 0.2) is 11.5 Å². The lowest BCUT2D eigenvalue weighted by Crippen LogP contribution is -2.31. The molecule has 1 heterocycles. The van der Waals surface area contributed by atoms with Crippen molar-refractivity contribution in [1.29, 1.82) is 0 Å². The predicted octanol–water partition coefficient (Wildman–Crippen LogP) is 5.40. The summed E-state index contributed by atoms with van der Waals surface area (Å²) in [4.78, 5) is 29.7. The first-order valence-corrected chi connectivity index (χ1v) is 10.9. The topological polar surface area (TPSA) is 55.8 Å². The van der Waals surface area contributed by atoms with E-state index in [-0.39, 0.29) is 11.8 Å². The van der Waals surface area contributed by atoms with Crippen LogP contribution in [0.4, 0.5) is 5.69 Å². The van der Waals surface area contributed by atoms with Gasteiger partial charge in [-0.05, 0) is 66.9 Å². The van der Waals surface area contributed by atoms with E-state index in [2.05, 4.69) is 0 Å². The first-order valence-electron chi connectivity index (χ1n) is 10.1. The van der Waals surface area contributed by atoms with Gasteiger partial charge in [-0.15, -0.1) is 0 Å². The molecule has 5 nitrogen and oxygen atoms in total. The molecule has 32 heavy (non-hydrogen) atoms. The molecule has 0 spiro atoms. The minimum Gasteiger partial charge on any atom is -0.493 e. The van der Waals surface area contributed by atoms with Crippen LogP contribution < -0.4 is 14.4 Å². The van der Waals surface area contributed by atoms with E-state index in [1.165, 1.54) is 16.7 Å². The predicted molar refractivity (Wildman–Crippen MR) is 127 cm³/mol. The van der Waals surface area contributed by atoms with E-state index in [9.17, 15) is 9.59 Å². The van der Waals surface area contributed by atoms with Crippen LogP contribution in [0.25, 0.3) is 5.57 Å². The molecule has 162 valence electrons. The van der Waals surface area contributed by atoms with E-state index in [4.69, 9.17) is 9.47 Å². The summed E-state index contributed by atoms with van der Waals surface area (Å²) >= 11 is 1.29. The van der Waals surface area contributed by atoms with E-state index in [0.717, 1.165) is 16.0 Å². The van der Waals surface area contributed by atoms with Crippen molar-refractivity contribution in [2.75, 3.05) is 19.1 Å². The Balaban J connectivity index is 1.85. The van der Waals surface area contributed by atoms with Gasteiger partial charge in [0.25, 0.3) is 11.8 Å². The molecule has 0 saturated carbocycles. The Bertz CT molecular complexity index is 1230. The lowest BCUT2D eigenvalue weighted by atomic mass is 10.1. The van der Waals surface area contributed by atoms with Gasteiger partial charge in [-0.25, -0.2) is 4.90 Å². The molecule has 2 amide bonds. The Morgan fingerprint density at radius 2 is 1.47 bits per heavy atom. The van der Waals surface area contributed by atoms with Crippen molar-refractivity contribution < 1.29 is 19.1 Å². The molecule has 0 unspecified atom stereocenters. The lowest BCUT2D eigenvalue weighted by molar-refractivity contribution is -0.119. The molecule has 4 rings (SSSR count). The first-order chi connectivity index (χ1) is 15.4. The second kappa shape index (κ2) is 8.93. The maximum Gasteiger partial charge on any atom is 0.272 e. The summed E-state index contributed by atoms with van der Waals surface area (Å²) in [5.41, 5.74) is 3.62. The second-order valence-electron chi connectivity index (χ2n) is 7.40. The van der Waals surface area contributed by atoms with Gasteiger partial charge < -0.3 is 9.47 Å². The molecule has 0 aliphatic carbocycles. The number of ether oxygens (including phenoxy) is 2. The first kappa shape index (κ1) is 21.7. The minimum atomic E-state index is -0.357. The van der Waals surface area contributed by atoms with Gasteiger partial charge in [0.05, 0.1) is 30.4 Å². The highest BCUT2D eigenvalue weighted by molar-refractivity contribution is 8.04. The third-order valence-corrected chi connectivity index (χ3v) is 6.52. The lowest BCUT2D eigenvalue weighted by Gasteiger charge is -2.17. The Kier molecular flexibility index (Phi) is 6.06. The normalized spacial score (nSPS) is 13.7. The molecule has 0 N–H and O–H groups in total. The van der Waals surface area contributed by atoms with Crippen molar-refractivity contribution in [1.82, 2.24) is 0 Å². The van der Waals surface area contributed by atoms with Crippen LogP contribution in [0.15, 0.2) is 76.5 Å². The van der Waals surface area contributed by atoms with Crippen molar-refractivity contribution in [3.63, 3.8) is 0 Å². The van der Waals surface area contributed by atoms with Crippen LogP contribution in [-0.2, 0) is 9.59 Å². The van der Waals surface area contributed by atoms with Crippen molar-refractivity contribution in [3.05, 3.63) is 88.3 Å². The van der Waals surface area contributed by atoms with Crippen LogP contribution in [0.3, 0.4) is 0 Å². The van der Waals surface area contributed by atoms with Crippen molar-refractivity contribution in [2.45, 2.75) is 18.7 Å². The van der Waals surface area contributed by atoms with Crippen LogP contribution in [0.5, 0.6) is 11.5 Å². The smallest absolute Gasteiger partial charge is 0.272 e. The average molecular weight is 446 g/mol. The molecule has 0 atom stereocenters.